The number of fused-ring (bicyclic) bond motifs is 5. The molecule has 4 bridgehead atoms. The lowest BCUT2D eigenvalue weighted by molar-refractivity contribution is -0.123. The maximum absolute atomic E-state index is 12.6. The predicted octanol–water partition coefficient (Wildman–Crippen LogP) is 2.27. The van der Waals surface area contributed by atoms with Gasteiger partial charge >= 0.3 is 0 Å². The van der Waals surface area contributed by atoms with Gasteiger partial charge < -0.3 is 19.9 Å². The van der Waals surface area contributed by atoms with Crippen LogP contribution >= 0.6 is 0 Å². The Kier molecular flexibility index (Phi) is 4.75. The van der Waals surface area contributed by atoms with Crippen LogP contribution in [0.5, 0.6) is 0 Å². The Balaban J connectivity index is 1.59. The van der Waals surface area contributed by atoms with Gasteiger partial charge in [-0.3, -0.25) is 14.6 Å². The van der Waals surface area contributed by atoms with Crippen LogP contribution in [-0.4, -0.2) is 45.5 Å². The standard InChI is InChI=1S/C22H18N6O3/c29-18-6-1-2-11-31-16-5-3-4-15(12-16)23-13-17-19-20(26-22(17)30)24-14-25-21(19)28-9-7-27(18)8-10-28/h1-7,9,11,13-14H,8,10,12H2,(H,24,25,26,30). The first kappa shape index (κ1) is 18.7. The first-order valence-electron chi connectivity index (χ1n) is 9.75. The van der Waals surface area contributed by atoms with Crippen molar-refractivity contribution in [1.29, 1.82) is 0 Å². The average molecular weight is 414 g/mol. The van der Waals surface area contributed by atoms with Crippen LogP contribution in [-0.2, 0) is 14.3 Å². The number of aromatic nitrogens is 2. The molecular formula is C22H18N6O3. The van der Waals surface area contributed by atoms with Crippen LogP contribution in [0.2, 0.25) is 0 Å². The van der Waals surface area contributed by atoms with Crippen LogP contribution in [0.15, 0.2) is 78.4 Å². The Morgan fingerprint density at radius 2 is 1.87 bits per heavy atom. The van der Waals surface area contributed by atoms with Gasteiger partial charge in [0.1, 0.15) is 23.7 Å². The van der Waals surface area contributed by atoms with Crippen molar-refractivity contribution >= 4 is 34.7 Å². The third-order valence-electron chi connectivity index (χ3n) is 5.07. The minimum Gasteiger partial charge on any atom is -0.469 e. The Morgan fingerprint density at radius 3 is 2.74 bits per heavy atom. The molecule has 0 saturated carbocycles. The van der Waals surface area contributed by atoms with Crippen molar-refractivity contribution in [3.63, 3.8) is 0 Å². The Bertz CT molecular complexity index is 1170. The molecule has 5 heterocycles. The molecule has 5 aliphatic rings. The Morgan fingerprint density at radius 1 is 1.00 bits per heavy atom. The van der Waals surface area contributed by atoms with Crippen molar-refractivity contribution in [2.45, 2.75) is 6.42 Å². The second kappa shape index (κ2) is 7.86. The summed E-state index contributed by atoms with van der Waals surface area (Å²) in [6.45, 7) is 0.991. The van der Waals surface area contributed by atoms with E-state index in [-0.39, 0.29) is 11.8 Å². The van der Waals surface area contributed by atoms with Crippen molar-refractivity contribution in [2.24, 2.45) is 4.99 Å². The van der Waals surface area contributed by atoms with Crippen molar-refractivity contribution in [2.75, 3.05) is 23.3 Å². The molecule has 4 aliphatic heterocycles. The van der Waals surface area contributed by atoms with Crippen molar-refractivity contribution in [3.05, 3.63) is 79.0 Å². The predicted molar refractivity (Wildman–Crippen MR) is 115 cm³/mol. The number of carbonyl (C=O) groups excluding carboxylic acids is 2. The number of carbonyl (C=O) groups is 2. The number of nitrogens with one attached hydrogen (secondary N) is 1. The maximum atomic E-state index is 12.6. The van der Waals surface area contributed by atoms with E-state index in [2.05, 4.69) is 20.3 Å². The van der Waals surface area contributed by atoms with Crippen molar-refractivity contribution < 1.29 is 14.3 Å². The summed E-state index contributed by atoms with van der Waals surface area (Å²) in [7, 11) is 0. The van der Waals surface area contributed by atoms with Gasteiger partial charge in [-0.15, -0.1) is 0 Å². The monoisotopic (exact) mass is 414 g/mol. The summed E-state index contributed by atoms with van der Waals surface area (Å²) in [6.07, 6.45) is 18.7. The fourth-order valence-electron chi connectivity index (χ4n) is 3.52. The Hall–Kier alpha value is -4.27. The molecule has 9 nitrogen and oxygen atoms in total. The number of amides is 2. The molecule has 0 radical (unpaired) electrons. The van der Waals surface area contributed by atoms with Crippen LogP contribution in [0.1, 0.15) is 12.0 Å². The highest BCUT2D eigenvalue weighted by molar-refractivity contribution is 6.32. The lowest BCUT2D eigenvalue weighted by Crippen LogP contribution is -2.38. The van der Waals surface area contributed by atoms with E-state index >= 15 is 0 Å². The van der Waals surface area contributed by atoms with Crippen molar-refractivity contribution in [1.82, 2.24) is 14.9 Å². The summed E-state index contributed by atoms with van der Waals surface area (Å²) in [5.74, 6) is 1.31. The lowest BCUT2D eigenvalue weighted by atomic mass is 10.1. The molecule has 0 spiro atoms. The van der Waals surface area contributed by atoms with Crippen LogP contribution < -0.4 is 10.2 Å². The highest BCUT2D eigenvalue weighted by Gasteiger charge is 2.31. The number of nitrogens with zero attached hydrogens (tertiary/aromatic N) is 5. The summed E-state index contributed by atoms with van der Waals surface area (Å²) in [4.78, 5) is 41.7. The zero-order valence-corrected chi connectivity index (χ0v) is 16.4. The number of aliphatic imine (C=N–C) groups is 1. The number of rotatable bonds is 0. The number of anilines is 2. The van der Waals surface area contributed by atoms with E-state index in [1.165, 1.54) is 18.7 Å². The molecule has 154 valence electrons. The topological polar surface area (TPSA) is 100 Å². The van der Waals surface area contributed by atoms with Gasteiger partial charge in [0.15, 0.2) is 0 Å². The van der Waals surface area contributed by atoms with Crippen LogP contribution in [0.25, 0.3) is 5.57 Å². The number of allylic oxidation sites excluding steroid dienone is 6. The number of ether oxygens (including phenoxy) is 1. The first-order chi connectivity index (χ1) is 15.2. The molecule has 0 unspecified atom stereocenters. The molecule has 2 amide bonds. The van der Waals surface area contributed by atoms with Gasteiger partial charge in [-0.05, 0) is 18.2 Å². The largest absolute Gasteiger partial charge is 0.469 e. The van der Waals surface area contributed by atoms with Gasteiger partial charge in [-0.25, -0.2) is 9.97 Å². The minimum atomic E-state index is -0.284. The summed E-state index contributed by atoms with van der Waals surface area (Å²) >= 11 is 0. The molecule has 1 aromatic heterocycles. The minimum absolute atomic E-state index is 0.138. The van der Waals surface area contributed by atoms with Gasteiger partial charge in [0.25, 0.3) is 11.8 Å². The van der Waals surface area contributed by atoms with Gasteiger partial charge in [0.2, 0.25) is 0 Å². The zero-order valence-electron chi connectivity index (χ0n) is 16.4. The van der Waals surface area contributed by atoms with Gasteiger partial charge in [0, 0.05) is 49.9 Å². The van der Waals surface area contributed by atoms with Crippen molar-refractivity contribution in [3.8, 4) is 0 Å². The molecule has 31 heavy (non-hydrogen) atoms. The quantitative estimate of drug-likeness (QED) is 0.699. The lowest BCUT2D eigenvalue weighted by Gasteiger charge is -2.29. The first-order valence-corrected chi connectivity index (χ1v) is 9.75. The SMILES string of the molecule is O=C1Nc2ncnc3c2C1=CN=C1C=CC=C(C1)OC=CC=CC(=O)N1C=CN3CC1. The molecule has 0 saturated heterocycles. The average Bonchev–Trinajstić information content (AvgIpc) is 3.12. The molecule has 1 N–H and O–H groups in total. The van der Waals surface area contributed by atoms with Gasteiger partial charge in [0.05, 0.1) is 17.4 Å². The molecule has 0 aromatic carbocycles. The van der Waals surface area contributed by atoms with E-state index < -0.39 is 0 Å². The Labute approximate surface area is 178 Å². The third kappa shape index (κ3) is 3.68. The van der Waals surface area contributed by atoms with E-state index in [9.17, 15) is 9.59 Å². The van der Waals surface area contributed by atoms with E-state index in [0.29, 0.717) is 48.0 Å². The number of hydrogen-bond donors (Lipinski definition) is 1. The molecule has 0 atom stereocenters. The van der Waals surface area contributed by atoms with E-state index in [4.69, 9.17) is 4.74 Å². The molecule has 0 fully saturated rings. The number of hydrogen-bond acceptors (Lipinski definition) is 7. The smallest absolute Gasteiger partial charge is 0.259 e. The summed E-state index contributed by atoms with van der Waals surface area (Å²) < 4.78 is 5.63. The van der Waals surface area contributed by atoms with Crippen LogP contribution in [0.4, 0.5) is 11.6 Å². The highest BCUT2D eigenvalue weighted by Crippen LogP contribution is 2.37. The second-order valence-corrected chi connectivity index (χ2v) is 7.04. The van der Waals surface area contributed by atoms with Crippen LogP contribution in [0, 0.1) is 0 Å². The van der Waals surface area contributed by atoms with Crippen LogP contribution in [0.3, 0.4) is 0 Å². The third-order valence-corrected chi connectivity index (χ3v) is 5.07. The molecular weight excluding hydrogens is 396 g/mol. The zero-order chi connectivity index (χ0) is 21.2. The maximum Gasteiger partial charge on any atom is 0.259 e. The summed E-state index contributed by atoms with van der Waals surface area (Å²) in [5.41, 5.74) is 1.73. The summed E-state index contributed by atoms with van der Waals surface area (Å²) in [6, 6.07) is 0. The van der Waals surface area contributed by atoms with E-state index in [1.54, 1.807) is 35.7 Å². The molecule has 9 heteroatoms. The fraction of sp³-hybridized carbons (Fsp3) is 0.136. The fourth-order valence-corrected chi connectivity index (χ4v) is 3.52. The molecule has 1 aromatic rings. The molecule has 6 rings (SSSR count). The van der Waals surface area contributed by atoms with Gasteiger partial charge in [-0.1, -0.05) is 12.2 Å². The summed E-state index contributed by atoms with van der Waals surface area (Å²) in [5, 5.41) is 2.77. The van der Waals surface area contributed by atoms with E-state index in [0.717, 1.165) is 5.71 Å². The molecule has 1 aliphatic carbocycles. The van der Waals surface area contributed by atoms with E-state index in [1.807, 2.05) is 23.1 Å². The second-order valence-electron chi connectivity index (χ2n) is 7.04. The highest BCUT2D eigenvalue weighted by atomic mass is 16.5. The normalized spacial score (nSPS) is 19.8. The van der Waals surface area contributed by atoms with Gasteiger partial charge in [-0.2, -0.15) is 0 Å².